The SMILES string of the molecule is CC1=Cc2sc3ccccc3c2CC=C1. The number of rotatable bonds is 0. The van der Waals surface area contributed by atoms with E-state index < -0.39 is 0 Å². The van der Waals surface area contributed by atoms with Crippen molar-refractivity contribution < 1.29 is 0 Å². The first-order valence-electron chi connectivity index (χ1n) is 5.20. The maximum atomic E-state index is 2.30. The number of hydrogen-bond donors (Lipinski definition) is 0. The summed E-state index contributed by atoms with van der Waals surface area (Å²) in [6.45, 7) is 2.16. The van der Waals surface area contributed by atoms with Crippen molar-refractivity contribution in [1.82, 2.24) is 0 Å². The highest BCUT2D eigenvalue weighted by Crippen LogP contribution is 2.34. The summed E-state index contributed by atoms with van der Waals surface area (Å²) in [6, 6.07) is 8.68. The van der Waals surface area contributed by atoms with Gasteiger partial charge in [0.2, 0.25) is 0 Å². The van der Waals surface area contributed by atoms with Crippen molar-refractivity contribution >= 4 is 27.5 Å². The van der Waals surface area contributed by atoms with Gasteiger partial charge in [-0.3, -0.25) is 0 Å². The minimum atomic E-state index is 1.06. The van der Waals surface area contributed by atoms with Crippen LogP contribution < -0.4 is 0 Å². The van der Waals surface area contributed by atoms with E-state index >= 15 is 0 Å². The van der Waals surface area contributed by atoms with Crippen LogP contribution in [0.5, 0.6) is 0 Å². The highest BCUT2D eigenvalue weighted by Gasteiger charge is 2.10. The summed E-state index contributed by atoms with van der Waals surface area (Å²) in [5.74, 6) is 0. The van der Waals surface area contributed by atoms with E-state index in [1.807, 2.05) is 11.3 Å². The molecule has 0 N–H and O–H groups in total. The third kappa shape index (κ3) is 1.44. The Morgan fingerprint density at radius 3 is 3.00 bits per heavy atom. The van der Waals surface area contributed by atoms with Gasteiger partial charge in [-0.25, -0.2) is 0 Å². The van der Waals surface area contributed by atoms with Gasteiger partial charge in [-0.05, 0) is 36.4 Å². The van der Waals surface area contributed by atoms with E-state index in [0.717, 1.165) is 6.42 Å². The largest absolute Gasteiger partial charge is 0.136 e. The van der Waals surface area contributed by atoms with Gasteiger partial charge in [0.15, 0.2) is 0 Å². The van der Waals surface area contributed by atoms with Crippen molar-refractivity contribution in [2.75, 3.05) is 0 Å². The summed E-state index contributed by atoms with van der Waals surface area (Å²) < 4.78 is 1.40. The minimum Gasteiger partial charge on any atom is -0.136 e. The van der Waals surface area contributed by atoms with Gasteiger partial charge in [0.25, 0.3) is 0 Å². The fourth-order valence-corrected chi connectivity index (χ4v) is 3.31. The monoisotopic (exact) mass is 212 g/mol. The molecule has 2 aromatic rings. The first kappa shape index (κ1) is 8.93. The van der Waals surface area contributed by atoms with Crippen LogP contribution in [0.2, 0.25) is 0 Å². The molecule has 0 nitrogen and oxygen atoms in total. The number of thiophene rings is 1. The van der Waals surface area contributed by atoms with Crippen LogP contribution in [0.25, 0.3) is 16.2 Å². The van der Waals surface area contributed by atoms with Crippen LogP contribution in [-0.4, -0.2) is 0 Å². The number of allylic oxidation sites excluding steroid dienone is 3. The Balaban J connectivity index is 2.34. The standard InChI is InChI=1S/C14H12S/c1-10-5-4-7-12-11-6-2-3-8-13(11)15-14(12)9-10/h2-6,8-9H,7H2,1H3. The predicted octanol–water partition coefficient (Wildman–Crippen LogP) is 4.42. The van der Waals surface area contributed by atoms with Crippen molar-refractivity contribution in [3.8, 4) is 0 Å². The second-order valence-corrected chi connectivity index (χ2v) is 5.02. The summed E-state index contributed by atoms with van der Waals surface area (Å²) in [5.41, 5.74) is 2.84. The maximum absolute atomic E-state index is 2.30. The fourth-order valence-electron chi connectivity index (χ4n) is 2.06. The normalized spacial score (nSPS) is 14.9. The molecule has 0 bridgehead atoms. The molecule has 0 saturated carbocycles. The molecule has 1 aliphatic rings. The smallest absolute Gasteiger partial charge is 0.0352 e. The Morgan fingerprint density at radius 1 is 1.20 bits per heavy atom. The molecule has 0 unspecified atom stereocenters. The first-order chi connectivity index (χ1) is 7.34. The third-order valence-corrected chi connectivity index (χ3v) is 3.95. The van der Waals surface area contributed by atoms with Crippen LogP contribution in [0.3, 0.4) is 0 Å². The Labute approximate surface area is 93.6 Å². The van der Waals surface area contributed by atoms with Crippen LogP contribution >= 0.6 is 11.3 Å². The van der Waals surface area contributed by atoms with E-state index in [9.17, 15) is 0 Å². The molecule has 1 heteroatoms. The second-order valence-electron chi connectivity index (χ2n) is 3.94. The lowest BCUT2D eigenvalue weighted by Crippen LogP contribution is -1.79. The van der Waals surface area contributed by atoms with Gasteiger partial charge in [-0.15, -0.1) is 11.3 Å². The highest BCUT2D eigenvalue weighted by molar-refractivity contribution is 7.20. The molecular weight excluding hydrogens is 200 g/mol. The Kier molecular flexibility index (Phi) is 2.00. The zero-order chi connectivity index (χ0) is 10.3. The summed E-state index contributed by atoms with van der Waals surface area (Å²) in [5, 5.41) is 1.42. The van der Waals surface area contributed by atoms with E-state index in [4.69, 9.17) is 0 Å². The van der Waals surface area contributed by atoms with Crippen molar-refractivity contribution in [1.29, 1.82) is 0 Å². The molecule has 0 spiro atoms. The van der Waals surface area contributed by atoms with E-state index in [1.54, 1.807) is 0 Å². The average molecular weight is 212 g/mol. The van der Waals surface area contributed by atoms with Gasteiger partial charge >= 0.3 is 0 Å². The summed E-state index contributed by atoms with van der Waals surface area (Å²) in [6.07, 6.45) is 7.83. The van der Waals surface area contributed by atoms with Gasteiger partial charge in [0.05, 0.1) is 0 Å². The highest BCUT2D eigenvalue weighted by atomic mass is 32.1. The van der Waals surface area contributed by atoms with Gasteiger partial charge in [-0.1, -0.05) is 35.9 Å². The van der Waals surface area contributed by atoms with E-state index in [0.29, 0.717) is 0 Å². The molecule has 74 valence electrons. The molecule has 0 saturated heterocycles. The summed E-state index contributed by atoms with van der Waals surface area (Å²) in [7, 11) is 0. The summed E-state index contributed by atoms with van der Waals surface area (Å²) >= 11 is 1.90. The Hall–Kier alpha value is -1.34. The second kappa shape index (κ2) is 3.35. The lowest BCUT2D eigenvalue weighted by molar-refractivity contribution is 1.32. The molecule has 0 aliphatic heterocycles. The lowest BCUT2D eigenvalue weighted by atomic mass is 10.1. The van der Waals surface area contributed by atoms with Crippen LogP contribution in [0.1, 0.15) is 17.4 Å². The van der Waals surface area contributed by atoms with Crippen LogP contribution in [0.4, 0.5) is 0 Å². The fraction of sp³-hybridized carbons (Fsp3) is 0.143. The lowest BCUT2D eigenvalue weighted by Gasteiger charge is -1.94. The zero-order valence-electron chi connectivity index (χ0n) is 8.66. The van der Waals surface area contributed by atoms with Gasteiger partial charge in [0.1, 0.15) is 0 Å². The van der Waals surface area contributed by atoms with Gasteiger partial charge in [-0.2, -0.15) is 0 Å². The molecule has 0 radical (unpaired) electrons. The van der Waals surface area contributed by atoms with E-state index in [-0.39, 0.29) is 0 Å². The first-order valence-corrected chi connectivity index (χ1v) is 6.01. The van der Waals surface area contributed by atoms with E-state index in [1.165, 1.54) is 26.1 Å². The number of benzene rings is 1. The number of fused-ring (bicyclic) bond motifs is 3. The van der Waals surface area contributed by atoms with Crippen molar-refractivity contribution in [2.24, 2.45) is 0 Å². The van der Waals surface area contributed by atoms with Crippen molar-refractivity contribution in [3.63, 3.8) is 0 Å². The van der Waals surface area contributed by atoms with Gasteiger partial charge in [0, 0.05) is 9.58 Å². The molecule has 1 heterocycles. The molecule has 0 amide bonds. The summed E-state index contributed by atoms with van der Waals surface area (Å²) in [4.78, 5) is 1.43. The van der Waals surface area contributed by atoms with Crippen molar-refractivity contribution in [2.45, 2.75) is 13.3 Å². The topological polar surface area (TPSA) is 0 Å². The molecule has 3 rings (SSSR count). The molecule has 0 atom stereocenters. The third-order valence-electron chi connectivity index (χ3n) is 2.79. The maximum Gasteiger partial charge on any atom is 0.0352 e. The molecule has 1 aromatic carbocycles. The average Bonchev–Trinajstić information content (AvgIpc) is 2.46. The number of hydrogen-bond acceptors (Lipinski definition) is 1. The van der Waals surface area contributed by atoms with Crippen LogP contribution in [0, 0.1) is 0 Å². The van der Waals surface area contributed by atoms with Crippen LogP contribution in [0.15, 0.2) is 42.0 Å². The zero-order valence-corrected chi connectivity index (χ0v) is 9.47. The van der Waals surface area contributed by atoms with Crippen LogP contribution in [-0.2, 0) is 6.42 Å². The quantitative estimate of drug-likeness (QED) is 0.606. The molecule has 1 aliphatic carbocycles. The predicted molar refractivity (Wildman–Crippen MR) is 68.3 cm³/mol. The Morgan fingerprint density at radius 2 is 2.07 bits per heavy atom. The van der Waals surface area contributed by atoms with E-state index in [2.05, 4.69) is 49.4 Å². The molecule has 0 fully saturated rings. The molecule has 1 aromatic heterocycles. The van der Waals surface area contributed by atoms with Gasteiger partial charge < -0.3 is 0 Å². The molecule has 15 heavy (non-hydrogen) atoms. The Bertz CT molecular complexity index is 570. The molecular formula is C14H12S. The van der Waals surface area contributed by atoms with Crippen molar-refractivity contribution in [3.05, 3.63) is 52.4 Å². The minimum absolute atomic E-state index is 1.06.